The van der Waals surface area contributed by atoms with Crippen molar-refractivity contribution in [3.8, 4) is 0 Å². The molecule has 0 aliphatic heterocycles. The molecule has 3 nitrogen and oxygen atoms in total. The van der Waals surface area contributed by atoms with Crippen LogP contribution in [-0.4, -0.2) is 9.55 Å². The van der Waals surface area contributed by atoms with Crippen LogP contribution in [0.1, 0.15) is 29.3 Å². The van der Waals surface area contributed by atoms with Gasteiger partial charge in [0.05, 0.1) is 18.3 Å². The summed E-state index contributed by atoms with van der Waals surface area (Å²) in [6.45, 7) is 2.60. The molecular formula is C18H17FN2OS. The average Bonchev–Trinajstić information content (AvgIpc) is 2.88. The zero-order valence-corrected chi connectivity index (χ0v) is 13.7. The van der Waals surface area contributed by atoms with E-state index in [1.165, 1.54) is 22.6 Å². The second-order valence-electron chi connectivity index (χ2n) is 6.34. The predicted octanol–water partition coefficient (Wildman–Crippen LogP) is 3.77. The van der Waals surface area contributed by atoms with Gasteiger partial charge in [0.2, 0.25) is 0 Å². The van der Waals surface area contributed by atoms with E-state index in [-0.39, 0.29) is 11.4 Å². The van der Waals surface area contributed by atoms with Gasteiger partial charge in [-0.25, -0.2) is 9.37 Å². The molecule has 1 aliphatic rings. The van der Waals surface area contributed by atoms with Crippen molar-refractivity contribution in [3.05, 3.63) is 62.8 Å². The van der Waals surface area contributed by atoms with Gasteiger partial charge in [-0.05, 0) is 48.4 Å². The predicted molar refractivity (Wildman–Crippen MR) is 90.6 cm³/mol. The van der Waals surface area contributed by atoms with E-state index in [4.69, 9.17) is 0 Å². The number of halogens is 1. The number of hydrogen-bond acceptors (Lipinski definition) is 3. The van der Waals surface area contributed by atoms with E-state index in [9.17, 15) is 9.18 Å². The van der Waals surface area contributed by atoms with Crippen LogP contribution in [-0.2, 0) is 19.4 Å². The second kappa shape index (κ2) is 5.57. The van der Waals surface area contributed by atoms with Crippen molar-refractivity contribution in [1.29, 1.82) is 0 Å². The lowest BCUT2D eigenvalue weighted by molar-refractivity contribution is 0.509. The van der Waals surface area contributed by atoms with E-state index in [1.54, 1.807) is 28.3 Å². The van der Waals surface area contributed by atoms with Crippen molar-refractivity contribution in [2.45, 2.75) is 32.7 Å². The van der Waals surface area contributed by atoms with Gasteiger partial charge in [-0.15, -0.1) is 11.3 Å². The molecule has 2 heterocycles. The summed E-state index contributed by atoms with van der Waals surface area (Å²) in [5.41, 5.74) is 1.95. The lowest BCUT2D eigenvalue weighted by Gasteiger charge is -2.17. The van der Waals surface area contributed by atoms with Crippen molar-refractivity contribution < 1.29 is 4.39 Å². The number of benzene rings is 1. The summed E-state index contributed by atoms with van der Waals surface area (Å²) in [6.07, 6.45) is 4.70. The Hall–Kier alpha value is -2.01. The smallest absolute Gasteiger partial charge is 0.262 e. The third kappa shape index (κ3) is 2.59. The molecule has 0 spiro atoms. The molecule has 0 saturated heterocycles. The highest BCUT2D eigenvalue weighted by atomic mass is 32.1. The monoisotopic (exact) mass is 328 g/mol. The Bertz CT molecular complexity index is 944. The minimum absolute atomic E-state index is 0.00804. The first-order chi connectivity index (χ1) is 11.1. The number of aryl methyl sites for hydroxylation is 1. The minimum Gasteiger partial charge on any atom is -0.294 e. The maximum absolute atomic E-state index is 13.3. The van der Waals surface area contributed by atoms with E-state index in [2.05, 4.69) is 11.9 Å². The van der Waals surface area contributed by atoms with Crippen molar-refractivity contribution in [2.75, 3.05) is 0 Å². The standard InChI is InChI=1S/C18H17FN2OS/c1-11-5-6-14-15(7-11)23-17-16(14)18(22)21(10-20-17)9-12-3-2-4-13(19)8-12/h2-4,8,10-11H,5-7,9H2,1H3. The van der Waals surface area contributed by atoms with Crippen LogP contribution in [0.15, 0.2) is 35.4 Å². The third-order valence-electron chi connectivity index (χ3n) is 4.52. The fourth-order valence-corrected chi connectivity index (χ4v) is 4.65. The molecule has 0 fully saturated rings. The highest BCUT2D eigenvalue weighted by molar-refractivity contribution is 7.18. The van der Waals surface area contributed by atoms with Crippen LogP contribution in [0.2, 0.25) is 0 Å². The van der Waals surface area contributed by atoms with E-state index in [1.807, 2.05) is 6.07 Å². The molecule has 1 aliphatic carbocycles. The van der Waals surface area contributed by atoms with Crippen LogP contribution in [0.3, 0.4) is 0 Å². The van der Waals surface area contributed by atoms with Crippen molar-refractivity contribution in [2.24, 2.45) is 5.92 Å². The Kier molecular flexibility index (Phi) is 3.53. The van der Waals surface area contributed by atoms with Crippen LogP contribution in [0.25, 0.3) is 10.2 Å². The van der Waals surface area contributed by atoms with Crippen molar-refractivity contribution in [1.82, 2.24) is 9.55 Å². The maximum atomic E-state index is 13.3. The molecule has 1 atom stereocenters. The Morgan fingerprint density at radius 3 is 3.13 bits per heavy atom. The lowest BCUT2D eigenvalue weighted by Crippen LogP contribution is -2.22. The topological polar surface area (TPSA) is 34.9 Å². The second-order valence-corrected chi connectivity index (χ2v) is 7.42. The number of hydrogen-bond donors (Lipinski definition) is 0. The van der Waals surface area contributed by atoms with Gasteiger partial charge in [0.15, 0.2) is 0 Å². The molecule has 1 aromatic carbocycles. The molecule has 4 rings (SSSR count). The molecule has 5 heteroatoms. The summed E-state index contributed by atoms with van der Waals surface area (Å²) in [6, 6.07) is 6.35. The molecule has 2 aromatic heterocycles. The van der Waals surface area contributed by atoms with Gasteiger partial charge < -0.3 is 0 Å². The zero-order chi connectivity index (χ0) is 16.0. The molecule has 118 valence electrons. The van der Waals surface area contributed by atoms with Crippen molar-refractivity contribution >= 4 is 21.6 Å². The molecule has 0 radical (unpaired) electrons. The Morgan fingerprint density at radius 2 is 2.30 bits per heavy atom. The lowest BCUT2D eigenvalue weighted by atomic mass is 9.89. The molecule has 1 unspecified atom stereocenters. The summed E-state index contributed by atoms with van der Waals surface area (Å²) >= 11 is 1.65. The fourth-order valence-electron chi connectivity index (χ4n) is 3.31. The van der Waals surface area contributed by atoms with Gasteiger partial charge in [-0.1, -0.05) is 19.1 Å². The largest absolute Gasteiger partial charge is 0.294 e. The average molecular weight is 328 g/mol. The summed E-state index contributed by atoms with van der Waals surface area (Å²) in [4.78, 5) is 19.5. The molecule has 3 aromatic rings. The van der Waals surface area contributed by atoms with Crippen LogP contribution in [0.5, 0.6) is 0 Å². The van der Waals surface area contributed by atoms with Gasteiger partial charge in [-0.3, -0.25) is 9.36 Å². The normalized spacial score (nSPS) is 17.4. The first-order valence-electron chi connectivity index (χ1n) is 7.86. The first kappa shape index (κ1) is 14.6. The first-order valence-corrected chi connectivity index (χ1v) is 8.67. The summed E-state index contributed by atoms with van der Waals surface area (Å²) in [7, 11) is 0. The third-order valence-corrected chi connectivity index (χ3v) is 5.69. The summed E-state index contributed by atoms with van der Waals surface area (Å²) < 4.78 is 14.9. The molecule has 0 amide bonds. The van der Waals surface area contributed by atoms with Crippen molar-refractivity contribution in [3.63, 3.8) is 0 Å². The van der Waals surface area contributed by atoms with Gasteiger partial charge in [0, 0.05) is 4.88 Å². The number of nitrogens with zero attached hydrogens (tertiary/aromatic N) is 2. The van der Waals surface area contributed by atoms with Crippen LogP contribution >= 0.6 is 11.3 Å². The SMILES string of the molecule is CC1CCc2c(sc3ncn(Cc4cccc(F)c4)c(=O)c23)C1. The Morgan fingerprint density at radius 1 is 1.43 bits per heavy atom. The molecule has 0 bridgehead atoms. The highest BCUT2D eigenvalue weighted by Crippen LogP contribution is 2.35. The van der Waals surface area contributed by atoms with Gasteiger partial charge >= 0.3 is 0 Å². The number of rotatable bonds is 2. The van der Waals surface area contributed by atoms with Crippen LogP contribution in [0, 0.1) is 11.7 Å². The molecular weight excluding hydrogens is 311 g/mol. The zero-order valence-electron chi connectivity index (χ0n) is 12.9. The summed E-state index contributed by atoms with van der Waals surface area (Å²) in [5.74, 6) is 0.386. The van der Waals surface area contributed by atoms with E-state index < -0.39 is 0 Å². The van der Waals surface area contributed by atoms with Gasteiger partial charge in [0.1, 0.15) is 10.6 Å². The van der Waals surface area contributed by atoms with Gasteiger partial charge in [0.25, 0.3) is 5.56 Å². The quantitative estimate of drug-likeness (QED) is 0.718. The molecule has 0 saturated carbocycles. The van der Waals surface area contributed by atoms with E-state index >= 15 is 0 Å². The summed E-state index contributed by atoms with van der Waals surface area (Å²) in [5, 5.41) is 0.774. The Balaban J connectivity index is 1.80. The molecule has 23 heavy (non-hydrogen) atoms. The maximum Gasteiger partial charge on any atom is 0.262 e. The number of aromatic nitrogens is 2. The highest BCUT2D eigenvalue weighted by Gasteiger charge is 2.23. The number of fused-ring (bicyclic) bond motifs is 3. The van der Waals surface area contributed by atoms with E-state index in [0.29, 0.717) is 12.5 Å². The Labute approximate surface area is 137 Å². The minimum atomic E-state index is -0.286. The van der Waals surface area contributed by atoms with E-state index in [0.717, 1.165) is 35.0 Å². The molecule has 0 N–H and O–H groups in total. The van der Waals surface area contributed by atoms with Crippen LogP contribution in [0.4, 0.5) is 4.39 Å². The van der Waals surface area contributed by atoms with Gasteiger partial charge in [-0.2, -0.15) is 0 Å². The van der Waals surface area contributed by atoms with Crippen LogP contribution < -0.4 is 5.56 Å². The number of thiophene rings is 1. The fraction of sp³-hybridized carbons (Fsp3) is 0.333.